The van der Waals surface area contributed by atoms with Gasteiger partial charge in [-0.2, -0.15) is 5.01 Å². The Balaban J connectivity index is 2.32. The van der Waals surface area contributed by atoms with Gasteiger partial charge in [-0.15, -0.1) is 0 Å². The van der Waals surface area contributed by atoms with E-state index in [0.717, 1.165) is 5.01 Å². The molecule has 4 amide bonds. The lowest BCUT2D eigenvalue weighted by atomic mass is 10.0. The summed E-state index contributed by atoms with van der Waals surface area (Å²) in [6, 6.07) is -0.664. The average molecular weight is 197 g/mol. The van der Waals surface area contributed by atoms with Gasteiger partial charge in [0.1, 0.15) is 5.41 Å². The van der Waals surface area contributed by atoms with Gasteiger partial charge < -0.3 is 0 Å². The van der Waals surface area contributed by atoms with Gasteiger partial charge in [0.2, 0.25) is 5.91 Å². The smallest absolute Gasteiger partial charge is 0.275 e. The third kappa shape index (κ3) is 0.971. The number of urea groups is 1. The van der Waals surface area contributed by atoms with Crippen LogP contribution in [0.1, 0.15) is 12.8 Å². The number of hydrogen-bond acceptors (Lipinski definition) is 4. The normalized spacial score (nSPS) is 24.5. The lowest BCUT2D eigenvalue weighted by Gasteiger charge is -2.33. The fourth-order valence-electron chi connectivity index (χ4n) is 1.59. The summed E-state index contributed by atoms with van der Waals surface area (Å²) >= 11 is 0. The first-order valence-corrected chi connectivity index (χ1v) is 4.36. The van der Waals surface area contributed by atoms with E-state index in [9.17, 15) is 14.4 Å². The maximum Gasteiger partial charge on any atom is 0.345 e. The molecule has 14 heavy (non-hydrogen) atoms. The lowest BCUT2D eigenvalue weighted by molar-refractivity contribution is -0.153. The molecule has 0 aromatic carbocycles. The molecular formula is C8H11N3O3. The number of barbiturate groups is 1. The highest BCUT2D eigenvalue weighted by molar-refractivity contribution is 6.20. The molecule has 2 fully saturated rings. The average Bonchev–Trinajstić information content (AvgIpc) is 2.80. The molecule has 0 radical (unpaired) electrons. The summed E-state index contributed by atoms with van der Waals surface area (Å²) in [6.07, 6.45) is 1.07. The van der Waals surface area contributed by atoms with Crippen molar-refractivity contribution in [2.24, 2.45) is 5.41 Å². The topological polar surface area (TPSA) is 69.7 Å². The van der Waals surface area contributed by atoms with E-state index >= 15 is 0 Å². The molecule has 1 heterocycles. The standard InChI is InChI=1S/C8H11N3O3/c1-10(2)11-6(13)8(3-4-8)5(12)9-7(11)14/h3-4H2,1-2H3,(H,9,12,14). The molecule has 1 aliphatic heterocycles. The van der Waals surface area contributed by atoms with Crippen molar-refractivity contribution in [2.45, 2.75) is 12.8 Å². The Morgan fingerprint density at radius 1 is 1.29 bits per heavy atom. The van der Waals surface area contributed by atoms with Crippen molar-refractivity contribution in [1.29, 1.82) is 0 Å². The van der Waals surface area contributed by atoms with Crippen molar-refractivity contribution in [3.05, 3.63) is 0 Å². The van der Waals surface area contributed by atoms with Crippen LogP contribution in [0, 0.1) is 5.41 Å². The zero-order chi connectivity index (χ0) is 10.5. The molecule has 1 aliphatic carbocycles. The fourth-order valence-corrected chi connectivity index (χ4v) is 1.59. The van der Waals surface area contributed by atoms with Crippen molar-refractivity contribution in [1.82, 2.24) is 15.3 Å². The first-order valence-electron chi connectivity index (χ1n) is 4.36. The molecular weight excluding hydrogens is 186 g/mol. The molecule has 0 bridgehead atoms. The molecule has 0 aromatic heterocycles. The van der Waals surface area contributed by atoms with Crippen LogP contribution in [0.2, 0.25) is 0 Å². The van der Waals surface area contributed by atoms with Crippen molar-refractivity contribution >= 4 is 17.8 Å². The van der Waals surface area contributed by atoms with E-state index in [1.165, 1.54) is 5.01 Å². The van der Waals surface area contributed by atoms with E-state index in [1.807, 2.05) is 0 Å². The molecule has 1 N–H and O–H groups in total. The number of hydrazine groups is 1. The van der Waals surface area contributed by atoms with E-state index < -0.39 is 23.3 Å². The van der Waals surface area contributed by atoms with Crippen molar-refractivity contribution in [2.75, 3.05) is 14.1 Å². The number of rotatable bonds is 1. The summed E-state index contributed by atoms with van der Waals surface area (Å²) in [5, 5.41) is 4.53. The second-order valence-corrected chi connectivity index (χ2v) is 3.81. The Bertz CT molecular complexity index is 333. The van der Waals surface area contributed by atoms with E-state index in [4.69, 9.17) is 0 Å². The molecule has 2 aliphatic rings. The zero-order valence-electron chi connectivity index (χ0n) is 8.03. The predicted octanol–water partition coefficient (Wildman–Crippen LogP) is -0.678. The SMILES string of the molecule is CN(C)N1C(=O)NC(=O)C2(CC2)C1=O. The number of hydrogen-bond donors (Lipinski definition) is 1. The van der Waals surface area contributed by atoms with Crippen LogP contribution in [0.15, 0.2) is 0 Å². The summed E-state index contributed by atoms with van der Waals surface area (Å²) < 4.78 is 0. The Morgan fingerprint density at radius 2 is 1.86 bits per heavy atom. The minimum absolute atomic E-state index is 0.406. The number of nitrogens with one attached hydrogen (secondary N) is 1. The van der Waals surface area contributed by atoms with Crippen LogP contribution >= 0.6 is 0 Å². The quantitative estimate of drug-likeness (QED) is 0.565. The van der Waals surface area contributed by atoms with Crippen LogP contribution in [0.25, 0.3) is 0 Å². The minimum atomic E-state index is -0.946. The minimum Gasteiger partial charge on any atom is -0.275 e. The second-order valence-electron chi connectivity index (χ2n) is 3.81. The highest BCUT2D eigenvalue weighted by Gasteiger charge is 2.62. The highest BCUT2D eigenvalue weighted by Crippen LogP contribution is 2.48. The van der Waals surface area contributed by atoms with E-state index in [0.29, 0.717) is 12.8 Å². The lowest BCUT2D eigenvalue weighted by Crippen LogP contribution is -2.62. The Morgan fingerprint density at radius 3 is 2.29 bits per heavy atom. The van der Waals surface area contributed by atoms with Crippen LogP contribution in [-0.4, -0.2) is 42.0 Å². The second kappa shape index (κ2) is 2.54. The molecule has 6 nitrogen and oxygen atoms in total. The van der Waals surface area contributed by atoms with Gasteiger partial charge >= 0.3 is 6.03 Å². The number of nitrogens with zero attached hydrogens (tertiary/aromatic N) is 2. The van der Waals surface area contributed by atoms with Gasteiger partial charge in [-0.25, -0.2) is 9.80 Å². The molecule has 0 unspecified atom stereocenters. The van der Waals surface area contributed by atoms with Gasteiger partial charge in [-0.05, 0) is 12.8 Å². The molecule has 1 saturated carbocycles. The van der Waals surface area contributed by atoms with Crippen LogP contribution in [0.3, 0.4) is 0 Å². The van der Waals surface area contributed by atoms with Crippen LogP contribution in [-0.2, 0) is 9.59 Å². The van der Waals surface area contributed by atoms with Gasteiger partial charge in [0.15, 0.2) is 0 Å². The molecule has 1 spiro atoms. The van der Waals surface area contributed by atoms with Crippen LogP contribution in [0.4, 0.5) is 4.79 Å². The number of carbonyl (C=O) groups is 3. The van der Waals surface area contributed by atoms with E-state index in [1.54, 1.807) is 14.1 Å². The Labute approximate surface area is 80.8 Å². The number of carbonyl (C=O) groups excluding carboxylic acids is 3. The van der Waals surface area contributed by atoms with Gasteiger partial charge in [-0.1, -0.05) is 0 Å². The monoisotopic (exact) mass is 197 g/mol. The first kappa shape index (κ1) is 9.14. The fraction of sp³-hybridized carbons (Fsp3) is 0.625. The number of imide groups is 2. The van der Waals surface area contributed by atoms with Gasteiger partial charge in [-0.3, -0.25) is 14.9 Å². The third-order valence-electron chi connectivity index (χ3n) is 2.60. The van der Waals surface area contributed by atoms with Crippen molar-refractivity contribution in [3.8, 4) is 0 Å². The van der Waals surface area contributed by atoms with Gasteiger partial charge in [0.25, 0.3) is 5.91 Å². The molecule has 1 saturated heterocycles. The number of amides is 4. The molecule has 76 valence electrons. The molecule has 0 aromatic rings. The highest BCUT2D eigenvalue weighted by atomic mass is 16.2. The molecule has 2 rings (SSSR count). The summed E-state index contributed by atoms with van der Waals surface area (Å²) in [5.74, 6) is -0.859. The van der Waals surface area contributed by atoms with Crippen LogP contribution in [0.5, 0.6) is 0 Å². The molecule has 6 heteroatoms. The van der Waals surface area contributed by atoms with Crippen LogP contribution < -0.4 is 5.32 Å². The third-order valence-corrected chi connectivity index (χ3v) is 2.60. The van der Waals surface area contributed by atoms with Crippen molar-refractivity contribution < 1.29 is 14.4 Å². The maximum absolute atomic E-state index is 11.8. The van der Waals surface area contributed by atoms with Crippen molar-refractivity contribution in [3.63, 3.8) is 0 Å². The molecule has 0 atom stereocenters. The Kier molecular flexibility index (Phi) is 1.66. The van der Waals surface area contributed by atoms with E-state index in [2.05, 4.69) is 5.32 Å². The summed E-state index contributed by atoms with van der Waals surface area (Å²) in [7, 11) is 3.17. The largest absolute Gasteiger partial charge is 0.345 e. The zero-order valence-corrected chi connectivity index (χ0v) is 8.03. The predicted molar refractivity (Wildman–Crippen MR) is 45.7 cm³/mol. The summed E-state index contributed by atoms with van der Waals surface area (Å²) in [5.41, 5.74) is -0.946. The first-order chi connectivity index (χ1) is 6.49. The Hall–Kier alpha value is -1.43. The van der Waals surface area contributed by atoms with Gasteiger partial charge in [0.05, 0.1) is 0 Å². The summed E-state index contributed by atoms with van der Waals surface area (Å²) in [6.45, 7) is 0. The van der Waals surface area contributed by atoms with Gasteiger partial charge in [0, 0.05) is 14.1 Å². The van der Waals surface area contributed by atoms with E-state index in [-0.39, 0.29) is 0 Å². The summed E-state index contributed by atoms with van der Waals surface area (Å²) in [4.78, 5) is 34.4. The maximum atomic E-state index is 11.8.